The van der Waals surface area contributed by atoms with Gasteiger partial charge in [0.2, 0.25) is 0 Å². The summed E-state index contributed by atoms with van der Waals surface area (Å²) in [4.78, 5) is 41.9. The summed E-state index contributed by atoms with van der Waals surface area (Å²) in [6, 6.07) is 19.6. The molecule has 0 radical (unpaired) electrons. The van der Waals surface area contributed by atoms with E-state index in [0.29, 0.717) is 15.7 Å². The summed E-state index contributed by atoms with van der Waals surface area (Å²) < 4.78 is 0.730. The smallest absolute Gasteiger partial charge is 0.264 e. The van der Waals surface area contributed by atoms with Gasteiger partial charge in [0.05, 0.1) is 17.4 Å². The topological polar surface area (TPSA) is 98.0 Å². The summed E-state index contributed by atoms with van der Waals surface area (Å²) in [5.41, 5.74) is 4.29. The van der Waals surface area contributed by atoms with Crippen LogP contribution in [-0.4, -0.2) is 52.1 Å². The summed E-state index contributed by atoms with van der Waals surface area (Å²) >= 11 is 15.7. The number of fused-ring (bicyclic) bond motifs is 2. The van der Waals surface area contributed by atoms with Crippen LogP contribution in [0.2, 0.25) is 10.0 Å². The number of carbonyl (C=O) groups excluding carboxylic acids is 3. The first-order chi connectivity index (χ1) is 21.3. The maximum Gasteiger partial charge on any atom is 0.264 e. The lowest BCUT2D eigenvalue weighted by molar-refractivity contribution is -0.136. The van der Waals surface area contributed by atoms with Gasteiger partial charge in [-0.05, 0) is 84.5 Å². The number of benzene rings is 3. The van der Waals surface area contributed by atoms with Gasteiger partial charge in [0, 0.05) is 20.4 Å². The normalized spacial score (nSPS) is 25.1. The minimum atomic E-state index is -1.01. The van der Waals surface area contributed by atoms with Gasteiger partial charge < -0.3 is 0 Å². The number of carbonyl (C=O) groups is 3. The molecule has 222 valence electrons. The molecular formula is C32H25BrCl2N6O3. The number of hydrogen-bond acceptors (Lipinski definition) is 7. The van der Waals surface area contributed by atoms with E-state index in [1.165, 1.54) is 10.0 Å². The lowest BCUT2D eigenvalue weighted by atomic mass is 9.77. The Kier molecular flexibility index (Phi) is 7.60. The molecule has 0 N–H and O–H groups in total. The van der Waals surface area contributed by atoms with E-state index in [9.17, 15) is 14.4 Å². The summed E-state index contributed by atoms with van der Waals surface area (Å²) in [7, 11) is 0. The maximum atomic E-state index is 14.1. The minimum Gasteiger partial charge on any atom is -0.271 e. The van der Waals surface area contributed by atoms with Crippen LogP contribution in [0, 0.1) is 5.92 Å². The lowest BCUT2D eigenvalue weighted by Crippen LogP contribution is -2.45. The molecule has 3 amide bonds. The van der Waals surface area contributed by atoms with Crippen molar-refractivity contribution in [1.82, 2.24) is 10.0 Å². The van der Waals surface area contributed by atoms with Crippen molar-refractivity contribution < 1.29 is 14.4 Å². The number of anilines is 1. The number of nitrogens with zero attached hydrogens (tertiary/aromatic N) is 6. The molecule has 0 spiro atoms. The van der Waals surface area contributed by atoms with Gasteiger partial charge in [0.25, 0.3) is 17.7 Å². The van der Waals surface area contributed by atoms with Crippen molar-refractivity contribution in [2.24, 2.45) is 21.4 Å². The average Bonchev–Trinajstić information content (AvgIpc) is 3.68. The number of allylic oxidation sites excluding steroid dienone is 1. The van der Waals surface area contributed by atoms with Crippen molar-refractivity contribution in [3.05, 3.63) is 104 Å². The van der Waals surface area contributed by atoms with Crippen LogP contribution in [0.4, 0.5) is 5.69 Å². The zero-order valence-corrected chi connectivity index (χ0v) is 26.3. The fourth-order valence-electron chi connectivity index (χ4n) is 6.40. The third kappa shape index (κ3) is 5.14. The van der Waals surface area contributed by atoms with E-state index in [-0.39, 0.29) is 24.4 Å². The zero-order valence-electron chi connectivity index (χ0n) is 23.2. The fourth-order valence-corrected chi connectivity index (χ4v) is 7.03. The number of hydrazone groups is 1. The summed E-state index contributed by atoms with van der Waals surface area (Å²) in [6.45, 7) is -0.264. The zero-order chi connectivity index (χ0) is 30.5. The van der Waals surface area contributed by atoms with Crippen molar-refractivity contribution in [2.45, 2.75) is 37.4 Å². The molecule has 0 unspecified atom stereocenters. The third-order valence-electron chi connectivity index (χ3n) is 8.40. The van der Waals surface area contributed by atoms with Gasteiger partial charge in [0.1, 0.15) is 6.54 Å². The second kappa shape index (κ2) is 11.6. The quantitative estimate of drug-likeness (QED) is 0.273. The molecular weight excluding hydrogens is 667 g/mol. The van der Waals surface area contributed by atoms with Crippen LogP contribution >= 0.6 is 39.1 Å². The number of imide groups is 1. The van der Waals surface area contributed by atoms with Gasteiger partial charge in [-0.3, -0.25) is 19.4 Å². The predicted octanol–water partition coefficient (Wildman–Crippen LogP) is 6.87. The Labute approximate surface area is 271 Å². The molecule has 3 heterocycles. The van der Waals surface area contributed by atoms with E-state index >= 15 is 0 Å². The molecule has 1 aliphatic carbocycles. The van der Waals surface area contributed by atoms with Crippen LogP contribution in [0.3, 0.4) is 0 Å². The van der Waals surface area contributed by atoms with Gasteiger partial charge in [0.15, 0.2) is 12.1 Å². The summed E-state index contributed by atoms with van der Waals surface area (Å²) in [5.74, 6) is -1.32. The van der Waals surface area contributed by atoms with Crippen LogP contribution in [-0.2, 0) is 14.4 Å². The number of rotatable bonds is 5. The highest BCUT2D eigenvalue weighted by molar-refractivity contribution is 9.10. The third-order valence-corrected chi connectivity index (χ3v) is 9.40. The van der Waals surface area contributed by atoms with Crippen molar-refractivity contribution >= 4 is 74.3 Å². The van der Waals surface area contributed by atoms with E-state index in [4.69, 9.17) is 28.3 Å². The molecule has 7 rings (SSSR count). The Balaban J connectivity index is 1.19. The van der Waals surface area contributed by atoms with Crippen molar-refractivity contribution in [2.75, 3.05) is 11.4 Å². The Bertz CT molecular complexity index is 1760. The second-order valence-electron chi connectivity index (χ2n) is 11.1. The monoisotopic (exact) mass is 690 g/mol. The van der Waals surface area contributed by atoms with Crippen molar-refractivity contribution in [3.8, 4) is 0 Å². The first kappa shape index (κ1) is 28.9. The molecule has 44 heavy (non-hydrogen) atoms. The van der Waals surface area contributed by atoms with Gasteiger partial charge in [-0.2, -0.15) is 10.2 Å². The van der Waals surface area contributed by atoms with Gasteiger partial charge in [-0.1, -0.05) is 74.7 Å². The Morgan fingerprint density at radius 2 is 1.68 bits per heavy atom. The van der Waals surface area contributed by atoms with Crippen molar-refractivity contribution in [3.63, 3.8) is 0 Å². The van der Waals surface area contributed by atoms with Crippen LogP contribution in [0.15, 0.2) is 98.3 Å². The van der Waals surface area contributed by atoms with Gasteiger partial charge in [-0.15, -0.1) is 0 Å². The molecule has 0 aromatic heterocycles. The largest absolute Gasteiger partial charge is 0.271 e. The second-order valence-corrected chi connectivity index (χ2v) is 12.9. The predicted molar refractivity (Wildman–Crippen MR) is 171 cm³/mol. The molecule has 3 aromatic carbocycles. The Morgan fingerprint density at radius 3 is 2.41 bits per heavy atom. The molecule has 4 atom stereocenters. The number of hydrogen-bond donors (Lipinski definition) is 0. The Morgan fingerprint density at radius 1 is 0.955 bits per heavy atom. The highest BCUT2D eigenvalue weighted by atomic mass is 79.9. The maximum absolute atomic E-state index is 14.1. The standard InChI is InChI=1S/C32H25BrCl2N6O3/c33-21-4-2-5-24(16-21)40-31(43)28-30(32(40)44)39(38-36-28)17-26(42)41-29(19-9-13-23(35)14-10-19)25-6-1-3-20(27(25)37-41)15-18-7-11-22(34)12-8-18/h2,4-5,7-16,25,28-30H,1,3,6,17H2/b20-15+/t25-,28+,29-,30+/m1/s1. The summed E-state index contributed by atoms with van der Waals surface area (Å²) in [6.07, 6.45) is 4.74. The lowest BCUT2D eigenvalue weighted by Gasteiger charge is -2.30. The van der Waals surface area contributed by atoms with E-state index in [1.807, 2.05) is 54.6 Å². The molecule has 4 aliphatic rings. The first-order valence-electron chi connectivity index (χ1n) is 14.2. The average molecular weight is 692 g/mol. The fraction of sp³-hybridized carbons (Fsp3) is 0.250. The number of halogens is 3. The molecule has 12 heteroatoms. The molecule has 1 saturated carbocycles. The van der Waals surface area contributed by atoms with E-state index in [0.717, 1.165) is 51.0 Å². The SMILES string of the molecule is O=C1[C@H]2N=NN(CC(=O)N3N=C4/C(=C/c5ccc(Cl)cc5)CCC[C@H]4[C@H]3c3ccc(Cl)cc3)[C@@H]2C(=O)N1c1cccc(Br)c1. The number of amides is 3. The van der Waals surface area contributed by atoms with Crippen LogP contribution in [0.1, 0.15) is 36.4 Å². The van der Waals surface area contributed by atoms with Crippen molar-refractivity contribution in [1.29, 1.82) is 0 Å². The highest BCUT2D eigenvalue weighted by Gasteiger charge is 2.55. The Hall–Kier alpha value is -3.86. The van der Waals surface area contributed by atoms with Crippen LogP contribution in [0.5, 0.6) is 0 Å². The first-order valence-corrected chi connectivity index (χ1v) is 15.8. The van der Waals surface area contributed by atoms with Crippen LogP contribution in [0.25, 0.3) is 6.08 Å². The highest BCUT2D eigenvalue weighted by Crippen LogP contribution is 2.45. The molecule has 0 bridgehead atoms. The molecule has 9 nitrogen and oxygen atoms in total. The van der Waals surface area contributed by atoms with Gasteiger partial charge in [-0.25, -0.2) is 9.91 Å². The van der Waals surface area contributed by atoms with E-state index < -0.39 is 23.9 Å². The molecule has 2 fully saturated rings. The van der Waals surface area contributed by atoms with Crippen LogP contribution < -0.4 is 4.90 Å². The van der Waals surface area contributed by atoms with Gasteiger partial charge >= 0.3 is 0 Å². The minimum absolute atomic E-state index is 0.0258. The molecule has 1 saturated heterocycles. The van der Waals surface area contributed by atoms with E-state index in [1.54, 1.807) is 18.2 Å². The summed E-state index contributed by atoms with van der Waals surface area (Å²) in [5, 5.41) is 17.2. The van der Waals surface area contributed by atoms with E-state index in [2.05, 4.69) is 32.3 Å². The molecule has 3 aliphatic heterocycles. The molecule has 3 aromatic rings.